The van der Waals surface area contributed by atoms with Crippen LogP contribution >= 0.6 is 0 Å². The van der Waals surface area contributed by atoms with E-state index in [9.17, 15) is 4.79 Å². The van der Waals surface area contributed by atoms with E-state index in [1.165, 1.54) is 0 Å². The minimum absolute atomic E-state index is 0.0482. The molecule has 0 bridgehead atoms. The molecular weight excluding hydrogens is 396 g/mol. The monoisotopic (exact) mass is 428 g/mol. The second-order valence-corrected chi connectivity index (χ2v) is 7.80. The molecule has 1 aliphatic heterocycles. The Hall–Kier alpha value is -2.93. The van der Waals surface area contributed by atoms with Gasteiger partial charge in [-0.15, -0.1) is 0 Å². The molecule has 0 radical (unpaired) electrons. The lowest BCUT2D eigenvalue weighted by Crippen LogP contribution is -2.37. The van der Waals surface area contributed by atoms with Gasteiger partial charge in [0.25, 0.3) is 5.91 Å². The summed E-state index contributed by atoms with van der Waals surface area (Å²) in [6.07, 6.45) is 2.03. The molecule has 31 heavy (non-hydrogen) atoms. The second-order valence-electron chi connectivity index (χ2n) is 7.80. The molecule has 0 aromatic heterocycles. The van der Waals surface area contributed by atoms with Crippen LogP contribution < -0.4 is 19.1 Å². The van der Waals surface area contributed by atoms with Crippen molar-refractivity contribution >= 4 is 11.6 Å². The summed E-state index contributed by atoms with van der Waals surface area (Å²) in [5.74, 6) is 1.27. The first-order valence-corrected chi connectivity index (χ1v) is 10.4. The van der Waals surface area contributed by atoms with Gasteiger partial charge >= 0.3 is 0 Å². The highest BCUT2D eigenvalue weighted by molar-refractivity contribution is 5.95. The zero-order valence-electron chi connectivity index (χ0n) is 19.0. The van der Waals surface area contributed by atoms with Gasteiger partial charge in [0.2, 0.25) is 5.75 Å². The first kappa shape index (κ1) is 22.7. The van der Waals surface area contributed by atoms with Gasteiger partial charge in [-0.3, -0.25) is 4.79 Å². The Morgan fingerprint density at radius 2 is 1.68 bits per heavy atom. The molecule has 168 valence electrons. The Morgan fingerprint density at radius 3 is 2.16 bits per heavy atom. The van der Waals surface area contributed by atoms with Crippen LogP contribution in [-0.4, -0.2) is 65.5 Å². The zero-order chi connectivity index (χ0) is 22.4. The van der Waals surface area contributed by atoms with Crippen LogP contribution in [-0.2, 0) is 11.3 Å². The lowest BCUT2D eigenvalue weighted by atomic mass is 10.1. The Labute approximate surface area is 184 Å². The van der Waals surface area contributed by atoms with Crippen LogP contribution in [0.2, 0.25) is 0 Å². The van der Waals surface area contributed by atoms with Crippen molar-refractivity contribution in [3.8, 4) is 17.2 Å². The number of rotatable bonds is 9. The Bertz CT molecular complexity index is 851. The molecule has 7 heteroatoms. The van der Waals surface area contributed by atoms with E-state index in [1.807, 2.05) is 19.0 Å². The highest BCUT2D eigenvalue weighted by Gasteiger charge is 2.26. The van der Waals surface area contributed by atoms with Gasteiger partial charge in [-0.25, -0.2) is 0 Å². The van der Waals surface area contributed by atoms with E-state index in [4.69, 9.17) is 18.9 Å². The van der Waals surface area contributed by atoms with Crippen molar-refractivity contribution in [2.24, 2.45) is 0 Å². The number of ether oxygens (including phenoxy) is 4. The standard InChI is InChI=1S/C24H32N2O5/c1-25(2)19-10-8-17(9-11-19)15-26(16-20-7-6-12-31-20)24(27)18-13-21(28-3)23(30-5)22(14-18)29-4/h8-11,13-14,20H,6-7,12,15-16H2,1-5H3/t20-/m1/s1. The van der Waals surface area contributed by atoms with Crippen molar-refractivity contribution in [1.82, 2.24) is 4.90 Å². The third-order valence-electron chi connectivity index (χ3n) is 5.47. The van der Waals surface area contributed by atoms with Gasteiger partial charge in [-0.1, -0.05) is 12.1 Å². The van der Waals surface area contributed by atoms with Gasteiger partial charge in [-0.05, 0) is 42.7 Å². The number of nitrogens with zero attached hydrogens (tertiary/aromatic N) is 2. The average Bonchev–Trinajstić information content (AvgIpc) is 3.30. The fraction of sp³-hybridized carbons (Fsp3) is 0.458. The van der Waals surface area contributed by atoms with Gasteiger partial charge in [0, 0.05) is 45.0 Å². The smallest absolute Gasteiger partial charge is 0.254 e. The maximum absolute atomic E-state index is 13.6. The number of hydrogen-bond acceptors (Lipinski definition) is 6. The molecule has 1 heterocycles. The maximum atomic E-state index is 13.6. The molecule has 1 aliphatic rings. The number of carbonyl (C=O) groups excluding carboxylic acids is 1. The molecule has 7 nitrogen and oxygen atoms in total. The number of anilines is 1. The number of hydrogen-bond donors (Lipinski definition) is 0. The average molecular weight is 429 g/mol. The molecule has 1 saturated heterocycles. The van der Waals surface area contributed by atoms with Crippen LogP contribution in [0, 0.1) is 0 Å². The molecule has 2 aromatic carbocycles. The fourth-order valence-corrected chi connectivity index (χ4v) is 3.76. The number of carbonyl (C=O) groups is 1. The van der Waals surface area contributed by atoms with Crippen LogP contribution in [0.4, 0.5) is 5.69 Å². The predicted octanol–water partition coefficient (Wildman–Crippen LogP) is 3.60. The van der Waals surface area contributed by atoms with Crippen LogP contribution in [0.3, 0.4) is 0 Å². The third-order valence-corrected chi connectivity index (χ3v) is 5.47. The largest absolute Gasteiger partial charge is 0.493 e. The summed E-state index contributed by atoms with van der Waals surface area (Å²) in [7, 11) is 8.65. The molecular formula is C24H32N2O5. The molecule has 0 unspecified atom stereocenters. The molecule has 3 rings (SSSR count). The van der Waals surface area contributed by atoms with Gasteiger partial charge in [0.05, 0.1) is 27.4 Å². The molecule has 0 N–H and O–H groups in total. The summed E-state index contributed by atoms with van der Waals surface area (Å²) in [5.41, 5.74) is 2.66. The Morgan fingerprint density at radius 1 is 1.03 bits per heavy atom. The van der Waals surface area contributed by atoms with Crippen molar-refractivity contribution in [2.75, 3.05) is 53.5 Å². The molecule has 0 aliphatic carbocycles. The molecule has 0 spiro atoms. The highest BCUT2D eigenvalue weighted by atomic mass is 16.5. The predicted molar refractivity (Wildman–Crippen MR) is 121 cm³/mol. The summed E-state index contributed by atoms with van der Waals surface area (Å²) < 4.78 is 22.1. The van der Waals surface area contributed by atoms with Gasteiger partial charge < -0.3 is 28.7 Å². The Kier molecular flexibility index (Phi) is 7.63. The quantitative estimate of drug-likeness (QED) is 0.608. The lowest BCUT2D eigenvalue weighted by molar-refractivity contribution is 0.0506. The summed E-state index contributed by atoms with van der Waals surface area (Å²) >= 11 is 0. The minimum Gasteiger partial charge on any atom is -0.493 e. The number of methoxy groups -OCH3 is 3. The topological polar surface area (TPSA) is 60.5 Å². The van der Waals surface area contributed by atoms with Crippen LogP contribution in [0.1, 0.15) is 28.8 Å². The van der Waals surface area contributed by atoms with Crippen LogP contribution in [0.15, 0.2) is 36.4 Å². The van der Waals surface area contributed by atoms with Gasteiger partial charge in [0.1, 0.15) is 0 Å². The first-order chi connectivity index (χ1) is 15.0. The van der Waals surface area contributed by atoms with E-state index < -0.39 is 0 Å². The normalized spacial score (nSPS) is 15.5. The molecule has 1 atom stereocenters. The van der Waals surface area contributed by atoms with Crippen molar-refractivity contribution in [3.63, 3.8) is 0 Å². The number of amides is 1. The third kappa shape index (κ3) is 5.41. The van der Waals surface area contributed by atoms with Crippen molar-refractivity contribution < 1.29 is 23.7 Å². The van der Waals surface area contributed by atoms with E-state index >= 15 is 0 Å². The van der Waals surface area contributed by atoms with Crippen LogP contribution in [0.25, 0.3) is 0 Å². The van der Waals surface area contributed by atoms with Crippen molar-refractivity contribution in [2.45, 2.75) is 25.5 Å². The van der Waals surface area contributed by atoms with E-state index in [0.29, 0.717) is 35.9 Å². The van der Waals surface area contributed by atoms with Gasteiger partial charge in [0.15, 0.2) is 11.5 Å². The highest BCUT2D eigenvalue weighted by Crippen LogP contribution is 2.38. The van der Waals surface area contributed by atoms with E-state index in [0.717, 1.165) is 30.7 Å². The van der Waals surface area contributed by atoms with Crippen molar-refractivity contribution in [3.05, 3.63) is 47.5 Å². The second kappa shape index (κ2) is 10.4. The van der Waals surface area contributed by atoms with Crippen LogP contribution in [0.5, 0.6) is 17.2 Å². The summed E-state index contributed by atoms with van der Waals surface area (Å²) in [6, 6.07) is 11.6. The fourth-order valence-electron chi connectivity index (χ4n) is 3.76. The minimum atomic E-state index is -0.105. The maximum Gasteiger partial charge on any atom is 0.254 e. The molecule has 1 amide bonds. The van der Waals surface area contributed by atoms with Gasteiger partial charge in [-0.2, -0.15) is 0 Å². The molecule has 1 fully saturated rings. The summed E-state index contributed by atoms with van der Waals surface area (Å²) in [5, 5.41) is 0. The van der Waals surface area contributed by atoms with E-state index in [1.54, 1.807) is 33.5 Å². The Balaban J connectivity index is 1.90. The molecule has 0 saturated carbocycles. The van der Waals surface area contributed by atoms with Crippen molar-refractivity contribution in [1.29, 1.82) is 0 Å². The number of benzene rings is 2. The molecule has 2 aromatic rings. The summed E-state index contributed by atoms with van der Waals surface area (Å²) in [4.78, 5) is 17.4. The summed E-state index contributed by atoms with van der Waals surface area (Å²) in [6.45, 7) is 1.77. The van der Waals surface area contributed by atoms with E-state index in [-0.39, 0.29) is 12.0 Å². The first-order valence-electron chi connectivity index (χ1n) is 10.4. The zero-order valence-corrected chi connectivity index (χ0v) is 19.0. The SMILES string of the molecule is COc1cc(C(=O)N(Cc2ccc(N(C)C)cc2)C[C@H]2CCCO2)cc(OC)c1OC. The van der Waals surface area contributed by atoms with E-state index in [2.05, 4.69) is 29.2 Å². The lowest BCUT2D eigenvalue weighted by Gasteiger charge is -2.26.